The van der Waals surface area contributed by atoms with Crippen LogP contribution in [0.25, 0.3) is 31.3 Å². The zero-order chi connectivity index (χ0) is 14.9. The minimum absolute atomic E-state index is 0.623. The van der Waals surface area contributed by atoms with Gasteiger partial charge in [-0.3, -0.25) is 0 Å². The molecule has 4 heteroatoms. The fraction of sp³-hybridized carbons (Fsp3) is 0. The van der Waals surface area contributed by atoms with Gasteiger partial charge in [-0.05, 0) is 29.3 Å². The van der Waals surface area contributed by atoms with Crippen LogP contribution >= 0.6 is 11.3 Å². The Balaban J connectivity index is 1.97. The largest absolute Gasteiger partial charge is 0.569 e. The van der Waals surface area contributed by atoms with Crippen LogP contribution in [0.2, 0.25) is 0 Å². The molecule has 1 heterocycles. The molecule has 0 aliphatic heterocycles. The summed E-state index contributed by atoms with van der Waals surface area (Å²) in [4.78, 5) is 0. The summed E-state index contributed by atoms with van der Waals surface area (Å²) >= 11 is 1.80. The third-order valence-corrected chi connectivity index (χ3v) is 4.96. The predicted molar refractivity (Wildman–Crippen MR) is 93.4 cm³/mol. The normalized spacial score (nSPS) is 11.0. The third kappa shape index (κ3) is 2.17. The molecule has 22 heavy (non-hydrogen) atoms. The van der Waals surface area contributed by atoms with Gasteiger partial charge in [0.2, 0.25) is 0 Å². The lowest BCUT2D eigenvalue weighted by molar-refractivity contribution is 0.454. The minimum atomic E-state index is 0.623. The summed E-state index contributed by atoms with van der Waals surface area (Å²) in [6, 6.07) is 22.6. The molecule has 105 valence electrons. The Hall–Kier alpha value is -2.30. The second-order valence-corrected chi connectivity index (χ2v) is 6.08. The summed E-state index contributed by atoms with van der Waals surface area (Å²) in [7, 11) is 0.707. The standard InChI is InChI=1S/C18H12BO2S/c20-19-21-13-6-3-5-12(11-13)14-8-4-9-16-15-7-1-2-10-17(15)22-18(14)16/h1-11,20H. The van der Waals surface area contributed by atoms with Crippen LogP contribution in [0.5, 0.6) is 5.75 Å². The maximum absolute atomic E-state index is 8.80. The topological polar surface area (TPSA) is 29.5 Å². The molecule has 0 atom stereocenters. The predicted octanol–water partition coefficient (Wildman–Crippen LogP) is 4.63. The van der Waals surface area contributed by atoms with Crippen LogP contribution in [-0.4, -0.2) is 12.7 Å². The van der Waals surface area contributed by atoms with Gasteiger partial charge >= 0.3 is 7.69 Å². The van der Waals surface area contributed by atoms with E-state index in [4.69, 9.17) is 9.68 Å². The van der Waals surface area contributed by atoms with Gasteiger partial charge in [0.25, 0.3) is 0 Å². The molecular formula is C18H12BO2S. The van der Waals surface area contributed by atoms with Crippen LogP contribution in [0.3, 0.4) is 0 Å². The van der Waals surface area contributed by atoms with Gasteiger partial charge in [0.1, 0.15) is 5.75 Å². The molecule has 0 unspecified atom stereocenters. The minimum Gasteiger partial charge on any atom is -0.537 e. The SMILES string of the molecule is O[B]Oc1cccc(-c2cccc3c2sc2ccccc23)c1. The number of benzene rings is 3. The molecule has 0 saturated heterocycles. The summed E-state index contributed by atoms with van der Waals surface area (Å²) in [5.41, 5.74) is 2.26. The Bertz CT molecular complexity index is 962. The molecule has 1 radical (unpaired) electrons. The number of thiophene rings is 1. The number of fused-ring (bicyclic) bond motifs is 3. The third-order valence-electron chi connectivity index (χ3n) is 3.74. The van der Waals surface area contributed by atoms with Gasteiger partial charge in [-0.2, -0.15) is 0 Å². The van der Waals surface area contributed by atoms with Crippen molar-refractivity contribution in [1.29, 1.82) is 0 Å². The second kappa shape index (κ2) is 5.48. The summed E-state index contributed by atoms with van der Waals surface area (Å²) in [5.74, 6) is 0.623. The molecule has 3 aromatic carbocycles. The van der Waals surface area contributed by atoms with E-state index >= 15 is 0 Å². The smallest absolute Gasteiger partial charge is 0.537 e. The van der Waals surface area contributed by atoms with E-state index in [-0.39, 0.29) is 0 Å². The van der Waals surface area contributed by atoms with E-state index in [2.05, 4.69) is 48.5 Å². The van der Waals surface area contributed by atoms with Crippen molar-refractivity contribution >= 4 is 39.2 Å². The molecule has 0 aliphatic rings. The van der Waals surface area contributed by atoms with Crippen LogP contribution in [0.1, 0.15) is 0 Å². The first-order valence-corrected chi connectivity index (χ1v) is 7.82. The maximum Gasteiger partial charge on any atom is 0.569 e. The van der Waals surface area contributed by atoms with Gasteiger partial charge in [-0.1, -0.05) is 48.5 Å². The van der Waals surface area contributed by atoms with Crippen molar-refractivity contribution in [2.24, 2.45) is 0 Å². The Morgan fingerprint density at radius 2 is 1.68 bits per heavy atom. The highest BCUT2D eigenvalue weighted by Crippen LogP contribution is 2.40. The average molecular weight is 303 g/mol. The lowest BCUT2D eigenvalue weighted by Crippen LogP contribution is -1.99. The number of hydrogen-bond acceptors (Lipinski definition) is 3. The van der Waals surface area contributed by atoms with Crippen molar-refractivity contribution in [3.05, 3.63) is 66.7 Å². The fourth-order valence-corrected chi connectivity index (χ4v) is 4.01. The summed E-state index contributed by atoms with van der Waals surface area (Å²) < 4.78 is 7.64. The van der Waals surface area contributed by atoms with E-state index in [0.717, 1.165) is 5.56 Å². The summed E-state index contributed by atoms with van der Waals surface area (Å²) in [5, 5.41) is 11.4. The van der Waals surface area contributed by atoms with Crippen molar-refractivity contribution in [2.45, 2.75) is 0 Å². The van der Waals surface area contributed by atoms with Crippen molar-refractivity contribution < 1.29 is 9.68 Å². The van der Waals surface area contributed by atoms with Gasteiger partial charge in [0, 0.05) is 20.2 Å². The molecule has 4 aromatic rings. The molecule has 2 nitrogen and oxygen atoms in total. The first kappa shape index (κ1) is 13.4. The quantitative estimate of drug-likeness (QED) is 0.559. The van der Waals surface area contributed by atoms with Gasteiger partial charge in [0.15, 0.2) is 0 Å². The first-order chi connectivity index (χ1) is 10.9. The molecule has 0 amide bonds. The highest BCUT2D eigenvalue weighted by Gasteiger charge is 2.10. The van der Waals surface area contributed by atoms with E-state index in [9.17, 15) is 0 Å². The van der Waals surface area contributed by atoms with Gasteiger partial charge in [-0.25, -0.2) is 0 Å². The monoisotopic (exact) mass is 303 g/mol. The van der Waals surface area contributed by atoms with Gasteiger partial charge < -0.3 is 9.68 Å². The zero-order valence-corrected chi connectivity index (χ0v) is 12.5. The summed E-state index contributed by atoms with van der Waals surface area (Å²) in [6.45, 7) is 0. The number of hydrogen-bond donors (Lipinski definition) is 1. The number of rotatable bonds is 3. The maximum atomic E-state index is 8.80. The molecule has 0 spiro atoms. The first-order valence-electron chi connectivity index (χ1n) is 7.00. The Morgan fingerprint density at radius 3 is 2.59 bits per heavy atom. The van der Waals surface area contributed by atoms with Gasteiger partial charge in [-0.15, -0.1) is 11.3 Å². The summed E-state index contributed by atoms with van der Waals surface area (Å²) in [6.07, 6.45) is 0. The van der Waals surface area contributed by atoms with Crippen molar-refractivity contribution in [3.8, 4) is 16.9 Å². The molecule has 1 aromatic heterocycles. The lowest BCUT2D eigenvalue weighted by Gasteiger charge is -2.06. The molecule has 0 bridgehead atoms. The molecular weight excluding hydrogens is 291 g/mol. The van der Waals surface area contributed by atoms with Crippen LogP contribution in [-0.2, 0) is 0 Å². The molecule has 1 N–H and O–H groups in total. The lowest BCUT2D eigenvalue weighted by atomic mass is 10.0. The second-order valence-electron chi connectivity index (χ2n) is 5.03. The average Bonchev–Trinajstić information content (AvgIpc) is 2.94. The van der Waals surface area contributed by atoms with Crippen LogP contribution in [0.4, 0.5) is 0 Å². The molecule has 0 fully saturated rings. The van der Waals surface area contributed by atoms with Crippen molar-refractivity contribution in [2.75, 3.05) is 0 Å². The Morgan fingerprint density at radius 1 is 0.864 bits per heavy atom. The highest BCUT2D eigenvalue weighted by atomic mass is 32.1. The fourth-order valence-electron chi connectivity index (χ4n) is 2.77. The van der Waals surface area contributed by atoms with Crippen molar-refractivity contribution in [1.82, 2.24) is 0 Å². The van der Waals surface area contributed by atoms with E-state index in [1.54, 1.807) is 11.3 Å². The van der Waals surface area contributed by atoms with Crippen molar-refractivity contribution in [3.63, 3.8) is 0 Å². The molecule has 4 rings (SSSR count). The van der Waals surface area contributed by atoms with E-state index in [1.807, 2.05) is 18.2 Å². The van der Waals surface area contributed by atoms with Crippen LogP contribution < -0.4 is 4.65 Å². The Kier molecular flexibility index (Phi) is 3.33. The van der Waals surface area contributed by atoms with Crippen LogP contribution in [0.15, 0.2) is 66.7 Å². The van der Waals surface area contributed by atoms with Crippen LogP contribution in [0, 0.1) is 0 Å². The Labute approximate surface area is 132 Å². The van der Waals surface area contributed by atoms with E-state index in [1.165, 1.54) is 25.7 Å². The van der Waals surface area contributed by atoms with E-state index in [0.29, 0.717) is 13.4 Å². The van der Waals surface area contributed by atoms with E-state index < -0.39 is 0 Å². The zero-order valence-electron chi connectivity index (χ0n) is 11.7. The van der Waals surface area contributed by atoms with Gasteiger partial charge in [0.05, 0.1) is 0 Å². The highest BCUT2D eigenvalue weighted by molar-refractivity contribution is 7.26. The molecule has 0 aliphatic carbocycles. The molecule has 0 saturated carbocycles.